The summed E-state index contributed by atoms with van der Waals surface area (Å²) in [6.45, 7) is 0.214. The molecule has 1 aromatic heterocycles. The van der Waals surface area contributed by atoms with Gasteiger partial charge < -0.3 is 5.11 Å². The van der Waals surface area contributed by atoms with Crippen molar-refractivity contribution in [2.45, 2.75) is 43.2 Å². The van der Waals surface area contributed by atoms with Crippen molar-refractivity contribution < 1.29 is 13.5 Å². The summed E-state index contributed by atoms with van der Waals surface area (Å²) >= 11 is 1.42. The molecular weight excluding hydrogens is 390 g/mol. The molecule has 28 heavy (non-hydrogen) atoms. The molecule has 1 aliphatic rings. The Morgan fingerprint density at radius 3 is 2.50 bits per heavy atom. The van der Waals surface area contributed by atoms with Gasteiger partial charge in [-0.05, 0) is 66.6 Å². The SMILES string of the molecule is O=S(=O)(NCc1ccc(C(O)c2ccccc2)s1)c1ccc2c(c1)CCCC2. The quantitative estimate of drug-likeness (QED) is 0.637. The molecular formula is C22H23NO3S2. The van der Waals surface area contributed by atoms with Crippen LogP contribution in [-0.4, -0.2) is 13.5 Å². The maximum Gasteiger partial charge on any atom is 0.240 e. The highest BCUT2D eigenvalue weighted by atomic mass is 32.2. The molecule has 4 rings (SSSR count). The van der Waals surface area contributed by atoms with E-state index in [2.05, 4.69) is 4.72 Å². The zero-order valence-electron chi connectivity index (χ0n) is 15.5. The number of sulfonamides is 1. The molecule has 0 spiro atoms. The highest BCUT2D eigenvalue weighted by Gasteiger charge is 2.18. The minimum absolute atomic E-state index is 0.214. The zero-order chi connectivity index (χ0) is 19.6. The van der Waals surface area contributed by atoms with Gasteiger partial charge in [-0.1, -0.05) is 36.4 Å². The maximum absolute atomic E-state index is 12.7. The summed E-state index contributed by atoms with van der Waals surface area (Å²) in [7, 11) is -3.56. The topological polar surface area (TPSA) is 66.4 Å². The Balaban J connectivity index is 1.45. The number of benzene rings is 2. The summed E-state index contributed by atoms with van der Waals surface area (Å²) in [6.07, 6.45) is 3.57. The number of aliphatic hydroxyl groups excluding tert-OH is 1. The van der Waals surface area contributed by atoms with Gasteiger partial charge in [0.1, 0.15) is 6.10 Å². The first kappa shape index (κ1) is 19.3. The second-order valence-corrected chi connectivity index (χ2v) is 10.0. The van der Waals surface area contributed by atoms with Crippen molar-refractivity contribution in [3.8, 4) is 0 Å². The molecule has 3 aromatic rings. The third-order valence-electron chi connectivity index (χ3n) is 5.13. The van der Waals surface area contributed by atoms with E-state index in [4.69, 9.17) is 0 Å². The number of nitrogens with one attached hydrogen (secondary N) is 1. The first-order valence-corrected chi connectivity index (χ1v) is 11.8. The summed E-state index contributed by atoms with van der Waals surface area (Å²) in [6, 6.07) is 18.6. The van der Waals surface area contributed by atoms with Crippen molar-refractivity contribution in [1.82, 2.24) is 4.72 Å². The number of aryl methyl sites for hydroxylation is 2. The Kier molecular flexibility index (Phi) is 5.64. The number of rotatable bonds is 6. The Bertz CT molecular complexity index is 1060. The largest absolute Gasteiger partial charge is 0.383 e. The van der Waals surface area contributed by atoms with Crippen LogP contribution >= 0.6 is 11.3 Å². The van der Waals surface area contributed by atoms with Gasteiger partial charge in [0.05, 0.1) is 4.90 Å². The molecule has 2 N–H and O–H groups in total. The molecule has 6 heteroatoms. The molecule has 0 saturated carbocycles. The second-order valence-electron chi connectivity index (χ2n) is 7.08. The molecule has 0 fully saturated rings. The lowest BCUT2D eigenvalue weighted by molar-refractivity contribution is 0.224. The molecule has 0 bridgehead atoms. The summed E-state index contributed by atoms with van der Waals surface area (Å²) in [5.74, 6) is 0. The van der Waals surface area contributed by atoms with Crippen LogP contribution in [0.1, 0.15) is 45.4 Å². The molecule has 1 unspecified atom stereocenters. The van der Waals surface area contributed by atoms with Gasteiger partial charge in [-0.3, -0.25) is 0 Å². The van der Waals surface area contributed by atoms with E-state index < -0.39 is 16.1 Å². The van der Waals surface area contributed by atoms with E-state index in [1.807, 2.05) is 54.6 Å². The fourth-order valence-corrected chi connectivity index (χ4v) is 5.68. The van der Waals surface area contributed by atoms with Crippen molar-refractivity contribution in [2.75, 3.05) is 0 Å². The Labute approximate surface area is 169 Å². The monoisotopic (exact) mass is 413 g/mol. The molecule has 0 amide bonds. The minimum Gasteiger partial charge on any atom is -0.383 e. The summed E-state index contributed by atoms with van der Waals surface area (Å²) in [5.41, 5.74) is 3.24. The Morgan fingerprint density at radius 2 is 1.71 bits per heavy atom. The number of fused-ring (bicyclic) bond motifs is 1. The van der Waals surface area contributed by atoms with Crippen LogP contribution in [0.3, 0.4) is 0 Å². The van der Waals surface area contributed by atoms with Gasteiger partial charge in [0.25, 0.3) is 0 Å². The smallest absolute Gasteiger partial charge is 0.240 e. The average molecular weight is 414 g/mol. The fraction of sp³-hybridized carbons (Fsp3) is 0.273. The highest BCUT2D eigenvalue weighted by Crippen LogP contribution is 2.29. The third kappa shape index (κ3) is 4.20. The third-order valence-corrected chi connectivity index (χ3v) is 7.67. The van der Waals surface area contributed by atoms with Gasteiger partial charge in [0, 0.05) is 16.3 Å². The molecule has 146 valence electrons. The second kappa shape index (κ2) is 8.17. The van der Waals surface area contributed by atoms with Crippen LogP contribution < -0.4 is 4.72 Å². The Hall–Kier alpha value is -1.99. The number of hydrogen-bond acceptors (Lipinski definition) is 4. The van der Waals surface area contributed by atoms with Gasteiger partial charge in [0.15, 0.2) is 0 Å². The van der Waals surface area contributed by atoms with E-state index in [9.17, 15) is 13.5 Å². The van der Waals surface area contributed by atoms with Crippen LogP contribution in [0.5, 0.6) is 0 Å². The fourth-order valence-electron chi connectivity index (χ4n) is 3.56. The van der Waals surface area contributed by atoms with Crippen LogP contribution in [0.15, 0.2) is 65.6 Å². The molecule has 0 saturated heterocycles. The number of aliphatic hydroxyl groups is 1. The maximum atomic E-state index is 12.7. The van der Waals surface area contributed by atoms with Gasteiger partial charge >= 0.3 is 0 Å². The molecule has 1 aliphatic carbocycles. The van der Waals surface area contributed by atoms with E-state index in [1.54, 1.807) is 6.07 Å². The van der Waals surface area contributed by atoms with E-state index in [0.29, 0.717) is 4.90 Å². The summed E-state index contributed by atoms with van der Waals surface area (Å²) < 4.78 is 28.1. The first-order valence-electron chi connectivity index (χ1n) is 9.46. The predicted octanol–water partition coefficient (Wildman–Crippen LogP) is 4.19. The normalized spacial score (nSPS) is 15.2. The molecule has 2 aromatic carbocycles. The average Bonchev–Trinajstić information content (AvgIpc) is 3.21. The van der Waals surface area contributed by atoms with E-state index in [1.165, 1.54) is 23.3 Å². The minimum atomic E-state index is -3.56. The van der Waals surface area contributed by atoms with Crippen molar-refractivity contribution in [3.63, 3.8) is 0 Å². The highest BCUT2D eigenvalue weighted by molar-refractivity contribution is 7.89. The van der Waals surface area contributed by atoms with Gasteiger partial charge in [-0.15, -0.1) is 11.3 Å². The van der Waals surface area contributed by atoms with Gasteiger partial charge in [0.2, 0.25) is 10.0 Å². The van der Waals surface area contributed by atoms with E-state index in [0.717, 1.165) is 40.1 Å². The molecule has 1 heterocycles. The van der Waals surface area contributed by atoms with Crippen LogP contribution in [0.25, 0.3) is 0 Å². The van der Waals surface area contributed by atoms with Crippen molar-refractivity contribution in [2.24, 2.45) is 0 Å². The predicted molar refractivity (Wildman–Crippen MR) is 112 cm³/mol. The molecule has 4 nitrogen and oxygen atoms in total. The van der Waals surface area contributed by atoms with Crippen LogP contribution in [0, 0.1) is 0 Å². The Morgan fingerprint density at radius 1 is 0.964 bits per heavy atom. The van der Waals surface area contributed by atoms with Crippen LogP contribution in [0.2, 0.25) is 0 Å². The van der Waals surface area contributed by atoms with Crippen LogP contribution in [0.4, 0.5) is 0 Å². The van der Waals surface area contributed by atoms with Crippen molar-refractivity contribution >= 4 is 21.4 Å². The number of hydrogen-bond donors (Lipinski definition) is 2. The van der Waals surface area contributed by atoms with E-state index >= 15 is 0 Å². The van der Waals surface area contributed by atoms with Gasteiger partial charge in [-0.2, -0.15) is 0 Å². The van der Waals surface area contributed by atoms with Gasteiger partial charge in [-0.25, -0.2) is 13.1 Å². The standard InChI is InChI=1S/C22H23NO3S2/c24-22(17-7-2-1-3-8-17)21-13-11-19(27-21)15-23-28(25,26)20-12-10-16-6-4-5-9-18(16)14-20/h1-3,7-8,10-14,22-24H,4-6,9,15H2. The summed E-state index contributed by atoms with van der Waals surface area (Å²) in [5, 5.41) is 10.5. The lowest BCUT2D eigenvalue weighted by Gasteiger charge is -2.16. The molecule has 1 atom stereocenters. The number of thiophene rings is 1. The molecule has 0 radical (unpaired) electrons. The molecule has 0 aliphatic heterocycles. The summed E-state index contributed by atoms with van der Waals surface area (Å²) in [4.78, 5) is 2.00. The lowest BCUT2D eigenvalue weighted by atomic mass is 9.92. The lowest BCUT2D eigenvalue weighted by Crippen LogP contribution is -2.23. The first-order chi connectivity index (χ1) is 13.5. The van der Waals surface area contributed by atoms with Crippen LogP contribution in [-0.2, 0) is 29.4 Å². The van der Waals surface area contributed by atoms with E-state index in [-0.39, 0.29) is 6.54 Å². The zero-order valence-corrected chi connectivity index (χ0v) is 17.1. The van der Waals surface area contributed by atoms with Crippen molar-refractivity contribution in [1.29, 1.82) is 0 Å². The van der Waals surface area contributed by atoms with Crippen molar-refractivity contribution in [3.05, 3.63) is 87.1 Å².